The van der Waals surface area contributed by atoms with Gasteiger partial charge < -0.3 is 15.9 Å². The lowest BCUT2D eigenvalue weighted by Gasteiger charge is -2.30. The summed E-state index contributed by atoms with van der Waals surface area (Å²) in [6, 6.07) is 14.5. The number of aliphatic hydroxyl groups excluding tert-OH is 1. The smallest absolute Gasteiger partial charge is 0.245 e. The molecule has 2 atom stereocenters. The molecular weight excluding hydrogens is 364 g/mol. The fourth-order valence-electron chi connectivity index (χ4n) is 2.88. The van der Waals surface area contributed by atoms with E-state index < -0.39 is 16.3 Å². The van der Waals surface area contributed by atoms with Gasteiger partial charge in [0.25, 0.3) is 0 Å². The molecule has 0 aromatic heterocycles. The van der Waals surface area contributed by atoms with Gasteiger partial charge in [-0.25, -0.2) is 8.42 Å². The molecule has 0 fully saturated rings. The van der Waals surface area contributed by atoms with Gasteiger partial charge in [0, 0.05) is 19.0 Å². The molecule has 2 aromatic carbocycles. The van der Waals surface area contributed by atoms with E-state index >= 15 is 0 Å². The number of hydrogen-bond acceptors (Lipinski definition) is 5. The van der Waals surface area contributed by atoms with E-state index in [4.69, 9.17) is 5.73 Å². The van der Waals surface area contributed by atoms with E-state index in [0.717, 1.165) is 9.87 Å². The Hall–Kier alpha value is -1.93. The van der Waals surface area contributed by atoms with E-state index in [9.17, 15) is 18.6 Å². The molecule has 0 amide bonds. The van der Waals surface area contributed by atoms with Crippen molar-refractivity contribution < 1.29 is 18.6 Å². The van der Waals surface area contributed by atoms with Crippen LogP contribution in [0.5, 0.6) is 5.75 Å². The first-order chi connectivity index (χ1) is 12.7. The van der Waals surface area contributed by atoms with Crippen molar-refractivity contribution in [3.63, 3.8) is 0 Å². The zero-order valence-corrected chi connectivity index (χ0v) is 16.5. The maximum absolute atomic E-state index is 13.0. The summed E-state index contributed by atoms with van der Waals surface area (Å²) in [7, 11) is -3.91. The van der Waals surface area contributed by atoms with Crippen LogP contribution in [0.2, 0.25) is 0 Å². The standard InChI is InChI=1S/C20H28N2O4S/c1-15(2)14-22(27(25,26)19-10-8-18(23)9-11-19)20(24)13-17(21)12-16-6-4-3-5-7-16/h3-11,15,17,20,23-24H,12-14,21H2,1-2H3/t17-,20?/m0/s1. The third-order valence-corrected chi connectivity index (χ3v) is 6.05. The first kappa shape index (κ1) is 21.4. The van der Waals surface area contributed by atoms with E-state index in [1.165, 1.54) is 24.3 Å². The molecule has 7 heteroatoms. The van der Waals surface area contributed by atoms with Gasteiger partial charge in [0.05, 0.1) is 4.90 Å². The van der Waals surface area contributed by atoms with Gasteiger partial charge in [0.2, 0.25) is 10.0 Å². The minimum absolute atomic E-state index is 0.0187. The van der Waals surface area contributed by atoms with Crippen LogP contribution in [0, 0.1) is 5.92 Å². The average molecular weight is 393 g/mol. The van der Waals surface area contributed by atoms with Crippen molar-refractivity contribution in [2.24, 2.45) is 11.7 Å². The van der Waals surface area contributed by atoms with Gasteiger partial charge in [0.15, 0.2) is 0 Å². The lowest BCUT2D eigenvalue weighted by molar-refractivity contribution is 0.0434. The van der Waals surface area contributed by atoms with Crippen molar-refractivity contribution >= 4 is 10.0 Å². The Morgan fingerprint density at radius 3 is 2.19 bits per heavy atom. The van der Waals surface area contributed by atoms with Crippen molar-refractivity contribution in [3.05, 3.63) is 60.2 Å². The Labute approximate surface area is 161 Å². The van der Waals surface area contributed by atoms with E-state index in [-0.39, 0.29) is 35.6 Å². The van der Waals surface area contributed by atoms with E-state index in [1.807, 2.05) is 44.2 Å². The summed E-state index contributed by atoms with van der Waals surface area (Å²) in [6.07, 6.45) is -0.559. The molecule has 0 heterocycles. The number of rotatable bonds is 9. The summed E-state index contributed by atoms with van der Waals surface area (Å²) < 4.78 is 27.1. The molecule has 0 saturated heterocycles. The molecule has 148 valence electrons. The predicted molar refractivity (Wildman–Crippen MR) is 106 cm³/mol. The molecule has 0 aliphatic heterocycles. The Balaban J connectivity index is 2.17. The number of aromatic hydroxyl groups is 1. The Bertz CT molecular complexity index is 808. The number of phenols is 1. The van der Waals surface area contributed by atoms with Crippen molar-refractivity contribution in [1.29, 1.82) is 0 Å². The Kier molecular flexibility index (Phi) is 7.38. The second-order valence-corrected chi connectivity index (χ2v) is 9.02. The molecule has 1 unspecified atom stereocenters. The normalized spacial score (nSPS) is 14.4. The zero-order chi connectivity index (χ0) is 20.0. The number of benzene rings is 2. The molecule has 0 aliphatic carbocycles. The van der Waals surface area contributed by atoms with E-state index in [1.54, 1.807) is 0 Å². The van der Waals surface area contributed by atoms with Crippen molar-refractivity contribution in [1.82, 2.24) is 4.31 Å². The summed E-state index contributed by atoms with van der Waals surface area (Å²) in [5.41, 5.74) is 7.20. The molecule has 0 bridgehead atoms. The highest BCUT2D eigenvalue weighted by atomic mass is 32.2. The third kappa shape index (κ3) is 6.04. The summed E-state index contributed by atoms with van der Waals surface area (Å²) in [6.45, 7) is 3.94. The fourth-order valence-corrected chi connectivity index (χ4v) is 4.53. The van der Waals surface area contributed by atoms with Gasteiger partial charge >= 0.3 is 0 Å². The predicted octanol–water partition coefficient (Wildman–Crippen LogP) is 2.32. The van der Waals surface area contributed by atoms with Crippen molar-refractivity contribution in [2.45, 2.75) is 43.9 Å². The molecule has 0 aliphatic rings. The topological polar surface area (TPSA) is 104 Å². The van der Waals surface area contributed by atoms with Crippen LogP contribution in [-0.4, -0.2) is 41.8 Å². The highest BCUT2D eigenvalue weighted by Gasteiger charge is 2.32. The first-order valence-electron chi connectivity index (χ1n) is 8.98. The van der Waals surface area contributed by atoms with Crippen molar-refractivity contribution in [2.75, 3.05) is 6.54 Å². The second kappa shape index (κ2) is 9.32. The van der Waals surface area contributed by atoms with Crippen LogP contribution in [0.4, 0.5) is 0 Å². The molecule has 2 aromatic rings. The summed E-state index contributed by atoms with van der Waals surface area (Å²) in [4.78, 5) is 0.0247. The van der Waals surface area contributed by atoms with Crippen LogP contribution in [0.15, 0.2) is 59.5 Å². The van der Waals surface area contributed by atoms with Gasteiger partial charge in [-0.05, 0) is 42.2 Å². The highest BCUT2D eigenvalue weighted by Crippen LogP contribution is 2.23. The number of nitrogens with zero attached hydrogens (tertiary/aromatic N) is 1. The third-order valence-electron chi connectivity index (χ3n) is 4.18. The van der Waals surface area contributed by atoms with Gasteiger partial charge in [-0.15, -0.1) is 0 Å². The Morgan fingerprint density at radius 2 is 1.63 bits per heavy atom. The zero-order valence-electron chi connectivity index (χ0n) is 15.7. The maximum atomic E-state index is 13.0. The molecular formula is C20H28N2O4S. The minimum atomic E-state index is -3.91. The number of phenolic OH excluding ortho intramolecular Hbond substituents is 1. The Morgan fingerprint density at radius 1 is 1.04 bits per heavy atom. The van der Waals surface area contributed by atoms with Crippen molar-refractivity contribution in [3.8, 4) is 5.75 Å². The van der Waals surface area contributed by atoms with Crippen LogP contribution in [0.25, 0.3) is 0 Å². The quantitative estimate of drug-likeness (QED) is 0.568. The van der Waals surface area contributed by atoms with Gasteiger partial charge in [-0.3, -0.25) is 0 Å². The molecule has 0 saturated carbocycles. The summed E-state index contributed by atoms with van der Waals surface area (Å²) in [5.74, 6) is 0.00618. The second-order valence-electron chi connectivity index (χ2n) is 7.13. The fraction of sp³-hybridized carbons (Fsp3) is 0.400. The molecule has 0 radical (unpaired) electrons. The summed E-state index contributed by atoms with van der Waals surface area (Å²) >= 11 is 0. The average Bonchev–Trinajstić information content (AvgIpc) is 2.60. The lowest BCUT2D eigenvalue weighted by Crippen LogP contribution is -2.45. The van der Waals surface area contributed by atoms with Crippen LogP contribution >= 0.6 is 0 Å². The molecule has 27 heavy (non-hydrogen) atoms. The van der Waals surface area contributed by atoms with Crippen LogP contribution in [-0.2, 0) is 16.4 Å². The first-order valence-corrected chi connectivity index (χ1v) is 10.4. The van der Waals surface area contributed by atoms with Crippen LogP contribution in [0.3, 0.4) is 0 Å². The van der Waals surface area contributed by atoms with Crippen LogP contribution < -0.4 is 5.73 Å². The lowest BCUT2D eigenvalue weighted by atomic mass is 10.0. The van der Waals surface area contributed by atoms with Gasteiger partial charge in [0.1, 0.15) is 12.0 Å². The maximum Gasteiger partial charge on any atom is 0.245 e. The molecule has 6 nitrogen and oxygen atoms in total. The largest absolute Gasteiger partial charge is 0.508 e. The molecule has 4 N–H and O–H groups in total. The van der Waals surface area contributed by atoms with Gasteiger partial charge in [-0.2, -0.15) is 4.31 Å². The highest BCUT2D eigenvalue weighted by molar-refractivity contribution is 7.89. The summed E-state index contributed by atoms with van der Waals surface area (Å²) in [5, 5.41) is 20.1. The minimum Gasteiger partial charge on any atom is -0.508 e. The van der Waals surface area contributed by atoms with E-state index in [2.05, 4.69) is 0 Å². The monoisotopic (exact) mass is 392 g/mol. The number of sulfonamides is 1. The van der Waals surface area contributed by atoms with E-state index in [0.29, 0.717) is 6.42 Å². The molecule has 2 rings (SSSR count). The number of nitrogens with two attached hydrogens (primary N) is 1. The molecule has 0 spiro atoms. The van der Waals surface area contributed by atoms with Crippen LogP contribution in [0.1, 0.15) is 25.8 Å². The SMILES string of the molecule is CC(C)CN(C(O)C[C@@H](N)Cc1ccccc1)S(=O)(=O)c1ccc(O)cc1. The number of aliphatic hydroxyl groups is 1. The van der Waals surface area contributed by atoms with Gasteiger partial charge in [-0.1, -0.05) is 44.2 Å². The number of hydrogen-bond donors (Lipinski definition) is 3.